The minimum absolute atomic E-state index is 0.203. The quantitative estimate of drug-likeness (QED) is 0.643. The molecule has 0 bridgehead atoms. The zero-order valence-electron chi connectivity index (χ0n) is 5.87. The highest BCUT2D eigenvalue weighted by molar-refractivity contribution is 5.14. The predicted octanol–water partition coefficient (Wildman–Crippen LogP) is 0.213. The predicted molar refractivity (Wildman–Crippen MR) is 38.2 cm³/mol. The Morgan fingerprint density at radius 1 is 1.64 bits per heavy atom. The number of aromatic nitrogens is 1. The summed E-state index contributed by atoms with van der Waals surface area (Å²) in [5, 5.41) is 8.60. The molecule has 4 heteroatoms. The van der Waals surface area contributed by atoms with Crippen molar-refractivity contribution in [1.29, 1.82) is 0 Å². The fourth-order valence-electron chi connectivity index (χ4n) is 0.736. The maximum Gasteiger partial charge on any atom is 0.141 e. The molecular formula is C7H9FN2O. The van der Waals surface area contributed by atoms with Gasteiger partial charge < -0.3 is 10.8 Å². The van der Waals surface area contributed by atoms with Crippen molar-refractivity contribution in [3.05, 3.63) is 29.8 Å². The molecule has 1 heterocycles. The molecule has 1 aromatic heterocycles. The van der Waals surface area contributed by atoms with Crippen molar-refractivity contribution in [2.45, 2.75) is 6.04 Å². The summed E-state index contributed by atoms with van der Waals surface area (Å²) < 4.78 is 12.5. The third-order valence-electron chi connectivity index (χ3n) is 1.35. The number of rotatable bonds is 2. The molecule has 0 amide bonds. The highest BCUT2D eigenvalue weighted by atomic mass is 19.1. The molecule has 11 heavy (non-hydrogen) atoms. The molecule has 1 rings (SSSR count). The van der Waals surface area contributed by atoms with Crippen LogP contribution in [-0.2, 0) is 0 Å². The molecule has 0 aromatic carbocycles. The normalized spacial score (nSPS) is 13.0. The molecule has 3 N–H and O–H groups in total. The van der Waals surface area contributed by atoms with Gasteiger partial charge in [0.25, 0.3) is 0 Å². The van der Waals surface area contributed by atoms with Crippen LogP contribution in [0.2, 0.25) is 0 Å². The van der Waals surface area contributed by atoms with Gasteiger partial charge in [-0.3, -0.25) is 4.98 Å². The Kier molecular flexibility index (Phi) is 2.51. The molecular weight excluding hydrogens is 147 g/mol. The van der Waals surface area contributed by atoms with Crippen LogP contribution in [0.25, 0.3) is 0 Å². The summed E-state index contributed by atoms with van der Waals surface area (Å²) in [4.78, 5) is 3.59. The fraction of sp³-hybridized carbons (Fsp3) is 0.286. The summed E-state index contributed by atoms with van der Waals surface area (Å²) in [7, 11) is 0. The number of nitrogens with zero attached hydrogens (tertiary/aromatic N) is 1. The highest BCUT2D eigenvalue weighted by Gasteiger charge is 2.04. The first-order valence-corrected chi connectivity index (χ1v) is 3.21. The standard InChI is InChI=1S/C7H9FN2O/c8-6-1-5(2-10-3-6)7(9)4-11/h1-3,7,11H,4,9H2/t7-/m1/s1. The molecule has 0 radical (unpaired) electrons. The highest BCUT2D eigenvalue weighted by Crippen LogP contribution is 2.08. The second kappa shape index (κ2) is 3.41. The van der Waals surface area contributed by atoms with E-state index in [1.807, 2.05) is 0 Å². The molecule has 0 aliphatic carbocycles. The second-order valence-electron chi connectivity index (χ2n) is 2.23. The molecule has 0 saturated heterocycles. The SMILES string of the molecule is N[C@H](CO)c1cncc(F)c1. The molecule has 0 unspecified atom stereocenters. The minimum atomic E-state index is -0.543. The van der Waals surface area contributed by atoms with Crippen LogP contribution in [0.3, 0.4) is 0 Å². The Morgan fingerprint density at radius 3 is 2.91 bits per heavy atom. The maximum absolute atomic E-state index is 12.5. The van der Waals surface area contributed by atoms with Gasteiger partial charge in [0.15, 0.2) is 0 Å². The summed E-state index contributed by atoms with van der Waals surface area (Å²) in [6, 6.07) is 0.714. The Bertz CT molecular complexity index is 242. The second-order valence-corrected chi connectivity index (χ2v) is 2.23. The molecule has 0 spiro atoms. The van der Waals surface area contributed by atoms with Gasteiger partial charge in [0.05, 0.1) is 18.8 Å². The third-order valence-corrected chi connectivity index (χ3v) is 1.35. The monoisotopic (exact) mass is 156 g/mol. The summed E-state index contributed by atoms with van der Waals surface area (Å²) in [5.41, 5.74) is 5.91. The van der Waals surface area contributed by atoms with Crippen LogP contribution in [0.4, 0.5) is 4.39 Å². The van der Waals surface area contributed by atoms with Crippen LogP contribution < -0.4 is 5.73 Å². The van der Waals surface area contributed by atoms with E-state index in [9.17, 15) is 4.39 Å². The smallest absolute Gasteiger partial charge is 0.141 e. The number of hydrogen-bond donors (Lipinski definition) is 2. The molecule has 1 atom stereocenters. The first-order chi connectivity index (χ1) is 5.24. The minimum Gasteiger partial charge on any atom is -0.394 e. The summed E-state index contributed by atoms with van der Waals surface area (Å²) in [5.74, 6) is -0.439. The van der Waals surface area contributed by atoms with Gasteiger partial charge in [0.2, 0.25) is 0 Å². The van der Waals surface area contributed by atoms with E-state index in [1.54, 1.807) is 0 Å². The molecule has 60 valence electrons. The van der Waals surface area contributed by atoms with Gasteiger partial charge in [0, 0.05) is 6.20 Å². The zero-order chi connectivity index (χ0) is 8.27. The van der Waals surface area contributed by atoms with Crippen LogP contribution >= 0.6 is 0 Å². The number of hydrogen-bond acceptors (Lipinski definition) is 3. The van der Waals surface area contributed by atoms with E-state index in [-0.39, 0.29) is 6.61 Å². The lowest BCUT2D eigenvalue weighted by Gasteiger charge is -2.06. The first-order valence-electron chi connectivity index (χ1n) is 3.21. The number of pyridine rings is 1. The van der Waals surface area contributed by atoms with E-state index >= 15 is 0 Å². The van der Waals surface area contributed by atoms with Crippen molar-refractivity contribution in [2.24, 2.45) is 5.73 Å². The largest absolute Gasteiger partial charge is 0.394 e. The Hall–Kier alpha value is -1.00. The van der Waals surface area contributed by atoms with Crippen molar-refractivity contribution in [3.63, 3.8) is 0 Å². The van der Waals surface area contributed by atoms with Crippen molar-refractivity contribution in [2.75, 3.05) is 6.61 Å². The average molecular weight is 156 g/mol. The van der Waals surface area contributed by atoms with Crippen molar-refractivity contribution in [1.82, 2.24) is 4.98 Å². The number of halogens is 1. The summed E-state index contributed by atoms with van der Waals surface area (Å²) in [6.45, 7) is -0.203. The third kappa shape index (κ3) is 1.96. The molecule has 0 aliphatic heterocycles. The number of aliphatic hydroxyl groups excluding tert-OH is 1. The number of aliphatic hydroxyl groups is 1. The lowest BCUT2D eigenvalue weighted by Crippen LogP contribution is -2.14. The Morgan fingerprint density at radius 2 is 2.36 bits per heavy atom. The summed E-state index contributed by atoms with van der Waals surface area (Å²) >= 11 is 0. The van der Waals surface area contributed by atoms with Gasteiger partial charge in [-0.15, -0.1) is 0 Å². The van der Waals surface area contributed by atoms with Crippen molar-refractivity contribution in [3.8, 4) is 0 Å². The first kappa shape index (κ1) is 8.10. The van der Waals surface area contributed by atoms with E-state index in [4.69, 9.17) is 10.8 Å². The van der Waals surface area contributed by atoms with Crippen LogP contribution in [0.5, 0.6) is 0 Å². The van der Waals surface area contributed by atoms with E-state index in [1.165, 1.54) is 12.3 Å². The molecule has 0 aliphatic rings. The van der Waals surface area contributed by atoms with Crippen molar-refractivity contribution < 1.29 is 9.50 Å². The van der Waals surface area contributed by atoms with Gasteiger partial charge in [-0.25, -0.2) is 4.39 Å². The Labute approximate surface area is 63.7 Å². The van der Waals surface area contributed by atoms with Crippen LogP contribution in [0.1, 0.15) is 11.6 Å². The van der Waals surface area contributed by atoms with E-state index < -0.39 is 11.9 Å². The van der Waals surface area contributed by atoms with Gasteiger partial charge in [-0.2, -0.15) is 0 Å². The topological polar surface area (TPSA) is 59.1 Å². The molecule has 0 fully saturated rings. The zero-order valence-corrected chi connectivity index (χ0v) is 5.87. The van der Waals surface area contributed by atoms with E-state index in [0.29, 0.717) is 5.56 Å². The Balaban J connectivity index is 2.86. The molecule has 3 nitrogen and oxygen atoms in total. The average Bonchev–Trinajstić information content (AvgIpc) is 2.03. The van der Waals surface area contributed by atoms with Gasteiger partial charge in [-0.1, -0.05) is 0 Å². The van der Waals surface area contributed by atoms with Gasteiger partial charge in [-0.05, 0) is 11.6 Å². The maximum atomic E-state index is 12.5. The lowest BCUT2D eigenvalue weighted by atomic mass is 10.1. The molecule has 0 saturated carbocycles. The van der Waals surface area contributed by atoms with Gasteiger partial charge in [0.1, 0.15) is 5.82 Å². The van der Waals surface area contributed by atoms with E-state index in [2.05, 4.69) is 4.98 Å². The van der Waals surface area contributed by atoms with Crippen LogP contribution in [-0.4, -0.2) is 16.7 Å². The summed E-state index contributed by atoms with van der Waals surface area (Å²) in [6.07, 6.45) is 2.53. The lowest BCUT2D eigenvalue weighted by molar-refractivity contribution is 0.267. The molecule has 1 aromatic rings. The number of nitrogens with two attached hydrogens (primary N) is 1. The van der Waals surface area contributed by atoms with E-state index in [0.717, 1.165) is 6.20 Å². The van der Waals surface area contributed by atoms with Gasteiger partial charge >= 0.3 is 0 Å². The fourth-order valence-corrected chi connectivity index (χ4v) is 0.736. The van der Waals surface area contributed by atoms with Crippen molar-refractivity contribution >= 4 is 0 Å². The van der Waals surface area contributed by atoms with Crippen LogP contribution in [0.15, 0.2) is 18.5 Å². The van der Waals surface area contributed by atoms with Crippen LogP contribution in [0, 0.1) is 5.82 Å².